The van der Waals surface area contributed by atoms with E-state index >= 15 is 0 Å². The number of carbonyl (C=O) groups excluding carboxylic acids is 2. The SMILES string of the molecule is Cc1ccc(-c2noc(C(=O)NCCNC(=O)COC3=CC(Cl)C(Cl)C=C3)n2)cc1. The van der Waals surface area contributed by atoms with Gasteiger partial charge < -0.3 is 19.9 Å². The van der Waals surface area contributed by atoms with E-state index in [1.807, 2.05) is 31.2 Å². The molecule has 0 fully saturated rings. The van der Waals surface area contributed by atoms with Gasteiger partial charge in [-0.2, -0.15) is 4.98 Å². The van der Waals surface area contributed by atoms with E-state index in [0.717, 1.165) is 11.1 Å². The summed E-state index contributed by atoms with van der Waals surface area (Å²) in [5.41, 5.74) is 1.85. The summed E-state index contributed by atoms with van der Waals surface area (Å²) in [5, 5.41) is 8.35. The number of aryl methyl sites for hydroxylation is 1. The number of rotatable bonds is 8. The lowest BCUT2D eigenvalue weighted by atomic mass is 10.1. The van der Waals surface area contributed by atoms with Gasteiger partial charge in [0.05, 0.1) is 10.8 Å². The van der Waals surface area contributed by atoms with E-state index in [4.69, 9.17) is 32.5 Å². The number of nitrogens with one attached hydrogen (secondary N) is 2. The molecule has 10 heteroatoms. The van der Waals surface area contributed by atoms with Crippen LogP contribution in [0.4, 0.5) is 0 Å². The fourth-order valence-electron chi connectivity index (χ4n) is 2.48. The van der Waals surface area contributed by atoms with Crippen molar-refractivity contribution >= 4 is 35.0 Å². The number of ether oxygens (including phenoxy) is 1. The number of allylic oxidation sites excluding steroid dienone is 3. The first kappa shape index (κ1) is 21.9. The summed E-state index contributed by atoms with van der Waals surface area (Å²) in [4.78, 5) is 28.0. The number of hydrogen-bond donors (Lipinski definition) is 2. The number of benzene rings is 1. The molecule has 1 heterocycles. The molecule has 0 saturated carbocycles. The van der Waals surface area contributed by atoms with E-state index in [-0.39, 0.29) is 42.2 Å². The maximum absolute atomic E-state index is 12.1. The van der Waals surface area contributed by atoms with E-state index in [9.17, 15) is 9.59 Å². The molecule has 2 unspecified atom stereocenters. The van der Waals surface area contributed by atoms with Crippen LogP contribution in [0.25, 0.3) is 11.4 Å². The highest BCUT2D eigenvalue weighted by Gasteiger charge is 2.18. The minimum absolute atomic E-state index is 0.149. The van der Waals surface area contributed by atoms with Crippen LogP contribution in [0.15, 0.2) is 52.8 Å². The third-order valence-electron chi connectivity index (χ3n) is 4.10. The average Bonchev–Trinajstić information content (AvgIpc) is 3.23. The molecular weight excluding hydrogens is 431 g/mol. The zero-order valence-corrected chi connectivity index (χ0v) is 17.6. The molecule has 0 aliphatic heterocycles. The number of nitrogens with zero attached hydrogens (tertiary/aromatic N) is 2. The Labute approximate surface area is 183 Å². The van der Waals surface area contributed by atoms with Crippen LogP contribution < -0.4 is 10.6 Å². The Bertz CT molecular complexity index is 956. The fourth-order valence-corrected chi connectivity index (χ4v) is 2.84. The van der Waals surface area contributed by atoms with Gasteiger partial charge in [-0.1, -0.05) is 41.1 Å². The van der Waals surface area contributed by atoms with E-state index in [0.29, 0.717) is 11.6 Å². The molecule has 8 nitrogen and oxygen atoms in total. The lowest BCUT2D eigenvalue weighted by Crippen LogP contribution is -2.36. The first-order valence-corrected chi connectivity index (χ1v) is 10.1. The predicted octanol–water partition coefficient (Wildman–Crippen LogP) is 2.58. The molecule has 2 atom stereocenters. The maximum atomic E-state index is 12.1. The van der Waals surface area contributed by atoms with Crippen molar-refractivity contribution in [2.75, 3.05) is 19.7 Å². The van der Waals surface area contributed by atoms with Gasteiger partial charge in [-0.15, -0.1) is 23.2 Å². The third-order valence-corrected chi connectivity index (χ3v) is 5.05. The Morgan fingerprint density at radius 3 is 2.60 bits per heavy atom. The minimum atomic E-state index is -0.521. The van der Waals surface area contributed by atoms with Gasteiger partial charge in [-0.25, -0.2) is 0 Å². The second-order valence-electron chi connectivity index (χ2n) is 6.50. The van der Waals surface area contributed by atoms with Gasteiger partial charge in [0.2, 0.25) is 5.82 Å². The Morgan fingerprint density at radius 2 is 1.87 bits per heavy atom. The average molecular weight is 451 g/mol. The molecule has 30 heavy (non-hydrogen) atoms. The van der Waals surface area contributed by atoms with Gasteiger partial charge in [-0.3, -0.25) is 9.59 Å². The number of hydrogen-bond acceptors (Lipinski definition) is 6. The molecule has 1 aliphatic carbocycles. The van der Waals surface area contributed by atoms with E-state index < -0.39 is 5.91 Å². The van der Waals surface area contributed by atoms with Crippen LogP contribution >= 0.6 is 23.2 Å². The molecule has 158 valence electrons. The van der Waals surface area contributed by atoms with E-state index in [1.54, 1.807) is 18.2 Å². The van der Waals surface area contributed by atoms with Crippen LogP contribution in [0.5, 0.6) is 0 Å². The van der Waals surface area contributed by atoms with Crippen molar-refractivity contribution in [3.05, 3.63) is 59.7 Å². The Hall–Kier alpha value is -2.84. The van der Waals surface area contributed by atoms with E-state index in [2.05, 4.69) is 20.8 Å². The molecule has 1 aliphatic rings. The van der Waals surface area contributed by atoms with Crippen molar-refractivity contribution in [3.63, 3.8) is 0 Å². The summed E-state index contributed by atoms with van der Waals surface area (Å²) in [6.45, 7) is 2.19. The zero-order chi connectivity index (χ0) is 21.5. The highest BCUT2D eigenvalue weighted by Crippen LogP contribution is 2.21. The molecule has 0 radical (unpaired) electrons. The summed E-state index contributed by atoms with van der Waals surface area (Å²) in [7, 11) is 0. The van der Waals surface area contributed by atoms with Gasteiger partial charge in [0.15, 0.2) is 6.61 Å². The fraction of sp³-hybridized carbons (Fsp3) is 0.300. The standard InChI is InChI=1S/C20H20Cl2N4O4/c1-12-2-4-13(5-3-12)18-25-20(30-26-18)19(28)24-9-8-23-17(27)11-29-14-6-7-15(21)16(22)10-14/h2-7,10,15-16H,8-9,11H2,1H3,(H,23,27)(H,24,28). The molecule has 1 aromatic carbocycles. The molecular formula is C20H20Cl2N4O4. The van der Waals surface area contributed by atoms with Gasteiger partial charge in [0.25, 0.3) is 5.91 Å². The van der Waals surface area contributed by atoms with Crippen LogP contribution in [-0.2, 0) is 9.53 Å². The Morgan fingerprint density at radius 1 is 1.13 bits per heavy atom. The first-order valence-electron chi connectivity index (χ1n) is 9.19. The lowest BCUT2D eigenvalue weighted by molar-refractivity contribution is -0.124. The summed E-state index contributed by atoms with van der Waals surface area (Å²) >= 11 is 11.9. The maximum Gasteiger partial charge on any atom is 0.316 e. The van der Waals surface area contributed by atoms with Crippen LogP contribution in [0.1, 0.15) is 16.2 Å². The van der Waals surface area contributed by atoms with Crippen molar-refractivity contribution in [3.8, 4) is 11.4 Å². The molecule has 0 saturated heterocycles. The van der Waals surface area contributed by atoms with Gasteiger partial charge in [-0.05, 0) is 19.1 Å². The van der Waals surface area contributed by atoms with Gasteiger partial charge in [0, 0.05) is 18.7 Å². The number of carbonyl (C=O) groups is 2. The van der Waals surface area contributed by atoms with Gasteiger partial charge >= 0.3 is 11.8 Å². The smallest absolute Gasteiger partial charge is 0.316 e. The molecule has 3 rings (SSSR count). The summed E-state index contributed by atoms with van der Waals surface area (Å²) in [5.74, 6) is -0.193. The number of alkyl halides is 2. The molecule has 2 aromatic rings. The van der Waals surface area contributed by atoms with Crippen molar-refractivity contribution in [2.45, 2.75) is 17.7 Å². The molecule has 0 bridgehead atoms. The van der Waals surface area contributed by atoms with Crippen molar-refractivity contribution < 1.29 is 18.8 Å². The molecule has 2 N–H and O–H groups in total. The lowest BCUT2D eigenvalue weighted by Gasteiger charge is -2.16. The Balaban J connectivity index is 1.37. The van der Waals surface area contributed by atoms with Crippen LogP contribution in [0, 0.1) is 6.92 Å². The monoisotopic (exact) mass is 450 g/mol. The normalized spacial score (nSPS) is 17.9. The quantitative estimate of drug-likeness (QED) is 0.472. The number of amides is 2. The zero-order valence-electron chi connectivity index (χ0n) is 16.1. The van der Waals surface area contributed by atoms with Gasteiger partial charge in [0.1, 0.15) is 5.76 Å². The largest absolute Gasteiger partial charge is 0.484 e. The summed E-state index contributed by atoms with van der Waals surface area (Å²) < 4.78 is 10.4. The Kier molecular flexibility index (Phi) is 7.48. The second kappa shape index (κ2) is 10.3. The van der Waals surface area contributed by atoms with Crippen LogP contribution in [0.2, 0.25) is 0 Å². The third kappa shape index (κ3) is 6.08. The summed E-state index contributed by atoms with van der Waals surface area (Å²) in [6.07, 6.45) is 5.01. The first-order chi connectivity index (χ1) is 14.4. The minimum Gasteiger partial charge on any atom is -0.484 e. The topological polar surface area (TPSA) is 106 Å². The number of aromatic nitrogens is 2. The summed E-state index contributed by atoms with van der Waals surface area (Å²) in [6, 6.07) is 7.53. The van der Waals surface area contributed by atoms with Crippen molar-refractivity contribution in [2.24, 2.45) is 0 Å². The molecule has 2 amide bonds. The van der Waals surface area contributed by atoms with Crippen molar-refractivity contribution in [1.82, 2.24) is 20.8 Å². The molecule has 0 spiro atoms. The van der Waals surface area contributed by atoms with E-state index in [1.165, 1.54) is 0 Å². The van der Waals surface area contributed by atoms with Crippen molar-refractivity contribution in [1.29, 1.82) is 0 Å². The number of halogens is 2. The predicted molar refractivity (Wildman–Crippen MR) is 112 cm³/mol. The van der Waals surface area contributed by atoms with Crippen LogP contribution in [0.3, 0.4) is 0 Å². The highest BCUT2D eigenvalue weighted by atomic mass is 35.5. The molecule has 1 aromatic heterocycles. The second-order valence-corrected chi connectivity index (χ2v) is 7.51. The highest BCUT2D eigenvalue weighted by molar-refractivity contribution is 6.31. The van der Waals surface area contributed by atoms with Crippen LogP contribution in [-0.4, -0.2) is 52.4 Å².